The third-order valence-electron chi connectivity index (χ3n) is 6.06. The highest BCUT2D eigenvalue weighted by Gasteiger charge is 2.34. The van der Waals surface area contributed by atoms with Gasteiger partial charge in [-0.15, -0.1) is 0 Å². The minimum Gasteiger partial charge on any atom is -0.476 e. The number of hydrogen-bond acceptors (Lipinski definition) is 4. The number of carbonyl (C=O) groups is 1. The van der Waals surface area contributed by atoms with Crippen LogP contribution in [-0.2, 0) is 16.0 Å². The highest BCUT2D eigenvalue weighted by molar-refractivity contribution is 5.79. The number of likely N-dealkylation sites (N-methyl/N-ethyl adjacent to an activating group) is 1. The molecule has 0 aromatic heterocycles. The summed E-state index contributed by atoms with van der Waals surface area (Å²) in [5.41, 5.74) is 2.85. The molecule has 3 rings (SSSR count). The van der Waals surface area contributed by atoms with E-state index in [1.54, 1.807) is 13.8 Å². The Morgan fingerprint density at radius 1 is 1.07 bits per heavy atom. The molecule has 0 aliphatic heterocycles. The maximum absolute atomic E-state index is 12.7. The largest absolute Gasteiger partial charge is 0.476 e. The third kappa shape index (κ3) is 5.23. The molecule has 0 radical (unpaired) electrons. The highest BCUT2D eigenvalue weighted by Crippen LogP contribution is 2.41. The monoisotopic (exact) mass is 409 g/mol. The number of benzene rings is 2. The Morgan fingerprint density at radius 3 is 2.50 bits per heavy atom. The quantitative estimate of drug-likeness (QED) is 0.534. The van der Waals surface area contributed by atoms with Crippen molar-refractivity contribution in [2.45, 2.75) is 58.5 Å². The summed E-state index contributed by atoms with van der Waals surface area (Å²) in [7, 11) is 0. The van der Waals surface area contributed by atoms with E-state index in [9.17, 15) is 4.79 Å². The van der Waals surface area contributed by atoms with Crippen molar-refractivity contribution in [2.24, 2.45) is 0 Å². The number of rotatable bonds is 9. The molecule has 2 aromatic carbocycles. The van der Waals surface area contributed by atoms with Crippen LogP contribution in [0, 0.1) is 0 Å². The molecule has 0 amide bonds. The molecule has 0 fully saturated rings. The average Bonchev–Trinajstić information content (AvgIpc) is 2.77. The van der Waals surface area contributed by atoms with Crippen molar-refractivity contribution >= 4 is 5.97 Å². The summed E-state index contributed by atoms with van der Waals surface area (Å²) in [6.07, 6.45) is 3.22. The molecule has 0 heterocycles. The fourth-order valence-corrected chi connectivity index (χ4v) is 4.24. The van der Waals surface area contributed by atoms with Gasteiger partial charge in [0.25, 0.3) is 0 Å². The van der Waals surface area contributed by atoms with Gasteiger partial charge in [-0.1, -0.05) is 56.3 Å². The zero-order valence-electron chi connectivity index (χ0n) is 18.8. The second-order valence-corrected chi connectivity index (χ2v) is 8.45. The topological polar surface area (TPSA) is 38.8 Å². The van der Waals surface area contributed by atoms with E-state index in [0.717, 1.165) is 44.6 Å². The van der Waals surface area contributed by atoms with E-state index in [-0.39, 0.29) is 5.97 Å². The summed E-state index contributed by atoms with van der Waals surface area (Å²) in [6, 6.07) is 16.9. The van der Waals surface area contributed by atoms with Gasteiger partial charge >= 0.3 is 5.97 Å². The predicted molar refractivity (Wildman–Crippen MR) is 121 cm³/mol. The van der Waals surface area contributed by atoms with Gasteiger partial charge in [0.2, 0.25) is 0 Å². The average molecular weight is 410 g/mol. The Morgan fingerprint density at radius 2 is 1.80 bits per heavy atom. The van der Waals surface area contributed by atoms with Crippen molar-refractivity contribution in [3.05, 3.63) is 65.2 Å². The second-order valence-electron chi connectivity index (χ2n) is 8.45. The van der Waals surface area contributed by atoms with Crippen LogP contribution in [-0.4, -0.2) is 42.7 Å². The molecule has 1 unspecified atom stereocenters. The van der Waals surface area contributed by atoms with Crippen LogP contribution >= 0.6 is 0 Å². The minimum absolute atomic E-state index is 0.317. The molecule has 1 aliphatic rings. The summed E-state index contributed by atoms with van der Waals surface area (Å²) >= 11 is 0. The summed E-state index contributed by atoms with van der Waals surface area (Å²) in [5.74, 6) is 0.865. The van der Waals surface area contributed by atoms with Gasteiger partial charge in [-0.25, -0.2) is 4.79 Å². The van der Waals surface area contributed by atoms with Crippen molar-refractivity contribution in [3.8, 4) is 5.75 Å². The fraction of sp³-hybridized carbons (Fsp3) is 0.500. The van der Waals surface area contributed by atoms with Crippen LogP contribution in [0.3, 0.4) is 0 Å². The number of nitrogens with zero attached hydrogens (tertiary/aromatic N) is 1. The number of fused-ring (bicyclic) bond motifs is 1. The first-order valence-electron chi connectivity index (χ1n) is 11.2. The van der Waals surface area contributed by atoms with Gasteiger partial charge in [-0.3, -0.25) is 0 Å². The Hall–Kier alpha value is -2.33. The molecule has 0 N–H and O–H groups in total. The molecule has 0 saturated carbocycles. The van der Waals surface area contributed by atoms with E-state index < -0.39 is 5.60 Å². The van der Waals surface area contributed by atoms with E-state index in [4.69, 9.17) is 9.47 Å². The van der Waals surface area contributed by atoms with Crippen molar-refractivity contribution in [1.29, 1.82) is 0 Å². The van der Waals surface area contributed by atoms with Crippen molar-refractivity contribution in [2.75, 3.05) is 26.2 Å². The smallest absolute Gasteiger partial charge is 0.349 e. The molecular formula is C26H35NO3. The lowest BCUT2D eigenvalue weighted by Gasteiger charge is -2.31. The number of ether oxygens (including phenoxy) is 2. The Bertz CT molecular complexity index is 827. The van der Waals surface area contributed by atoms with E-state index in [1.165, 1.54) is 16.7 Å². The van der Waals surface area contributed by atoms with Gasteiger partial charge in [0.1, 0.15) is 12.4 Å². The standard InChI is InChI=1S/C26H35NO3/c1-5-27(6-2)18-19-29-25(28)26(3,4)30-24-17-11-15-22-21(14-10-16-23(22)24)20-12-8-7-9-13-20/h7-9,11-13,15,17,21H,5-6,10,14,16,18-19H2,1-4H3. The second kappa shape index (κ2) is 10.1. The van der Waals surface area contributed by atoms with Crippen molar-refractivity contribution in [1.82, 2.24) is 4.90 Å². The minimum atomic E-state index is -1.03. The van der Waals surface area contributed by atoms with Crippen LogP contribution in [0.4, 0.5) is 0 Å². The molecule has 0 spiro atoms. The van der Waals surface area contributed by atoms with E-state index in [1.807, 2.05) is 12.1 Å². The molecule has 162 valence electrons. The van der Waals surface area contributed by atoms with Crippen LogP contribution in [0.15, 0.2) is 48.5 Å². The number of carbonyl (C=O) groups excluding carboxylic acids is 1. The molecular weight excluding hydrogens is 374 g/mol. The van der Waals surface area contributed by atoms with Crippen LogP contribution in [0.2, 0.25) is 0 Å². The van der Waals surface area contributed by atoms with Crippen LogP contribution in [0.25, 0.3) is 0 Å². The first-order chi connectivity index (χ1) is 14.5. The van der Waals surface area contributed by atoms with Crippen LogP contribution < -0.4 is 4.74 Å². The number of esters is 1. The maximum Gasteiger partial charge on any atom is 0.349 e. The summed E-state index contributed by atoms with van der Waals surface area (Å²) in [4.78, 5) is 15.0. The highest BCUT2D eigenvalue weighted by atomic mass is 16.6. The van der Waals surface area contributed by atoms with Gasteiger partial charge in [-0.05, 0) is 69.0 Å². The lowest BCUT2D eigenvalue weighted by Crippen LogP contribution is -2.41. The lowest BCUT2D eigenvalue weighted by molar-refractivity contribution is -0.159. The van der Waals surface area contributed by atoms with Gasteiger partial charge < -0.3 is 14.4 Å². The summed E-state index contributed by atoms with van der Waals surface area (Å²) in [5, 5.41) is 0. The van der Waals surface area contributed by atoms with Gasteiger partial charge in [0.15, 0.2) is 5.60 Å². The SMILES string of the molecule is CCN(CC)CCOC(=O)C(C)(C)Oc1cccc2c1CCCC2c1ccccc1. The Kier molecular flexibility index (Phi) is 7.54. The molecule has 30 heavy (non-hydrogen) atoms. The van der Waals surface area contributed by atoms with E-state index in [0.29, 0.717) is 12.5 Å². The van der Waals surface area contributed by atoms with Gasteiger partial charge in [0.05, 0.1) is 0 Å². The van der Waals surface area contributed by atoms with Crippen LogP contribution in [0.1, 0.15) is 63.1 Å². The zero-order valence-corrected chi connectivity index (χ0v) is 18.8. The van der Waals surface area contributed by atoms with Gasteiger partial charge in [0, 0.05) is 12.5 Å². The first-order valence-corrected chi connectivity index (χ1v) is 11.2. The molecule has 1 atom stereocenters. The molecule has 0 saturated heterocycles. The Balaban J connectivity index is 1.73. The lowest BCUT2D eigenvalue weighted by atomic mass is 9.78. The maximum atomic E-state index is 12.7. The molecule has 1 aliphatic carbocycles. The van der Waals surface area contributed by atoms with Crippen molar-refractivity contribution in [3.63, 3.8) is 0 Å². The van der Waals surface area contributed by atoms with E-state index >= 15 is 0 Å². The molecule has 4 nitrogen and oxygen atoms in total. The number of hydrogen-bond donors (Lipinski definition) is 0. The van der Waals surface area contributed by atoms with Crippen molar-refractivity contribution < 1.29 is 14.3 Å². The summed E-state index contributed by atoms with van der Waals surface area (Å²) < 4.78 is 11.8. The Labute approximate surface area is 181 Å². The predicted octanol–water partition coefficient (Wildman–Crippen LogP) is 5.20. The molecule has 4 heteroatoms. The van der Waals surface area contributed by atoms with E-state index in [2.05, 4.69) is 55.1 Å². The van der Waals surface area contributed by atoms with Crippen LogP contribution in [0.5, 0.6) is 5.75 Å². The fourth-order valence-electron chi connectivity index (χ4n) is 4.24. The van der Waals surface area contributed by atoms with Gasteiger partial charge in [-0.2, -0.15) is 0 Å². The molecule has 2 aromatic rings. The first kappa shape index (κ1) is 22.4. The third-order valence-corrected chi connectivity index (χ3v) is 6.06. The zero-order chi connectivity index (χ0) is 21.6. The summed E-state index contributed by atoms with van der Waals surface area (Å²) in [6.45, 7) is 10.8. The molecule has 0 bridgehead atoms. The normalized spacial score (nSPS) is 16.2.